The lowest BCUT2D eigenvalue weighted by Gasteiger charge is -2.42. The molecule has 0 saturated carbocycles. The number of alkyl halides is 17. The van der Waals surface area contributed by atoms with Gasteiger partial charge in [0.05, 0.1) is 0 Å². The van der Waals surface area contributed by atoms with Gasteiger partial charge in [0.25, 0.3) is 0 Å². The summed E-state index contributed by atoms with van der Waals surface area (Å²) in [4.78, 5) is 3.49. The third kappa shape index (κ3) is 10.9. The monoisotopic (exact) mass is 730 g/mol. The van der Waals surface area contributed by atoms with Crippen molar-refractivity contribution >= 4 is 0 Å². The van der Waals surface area contributed by atoms with Gasteiger partial charge in [-0.05, 0) is 46.4 Å². The number of halogens is 17. The molecule has 0 aliphatic heterocycles. The van der Waals surface area contributed by atoms with Crippen LogP contribution in [0.3, 0.4) is 0 Å². The summed E-state index contributed by atoms with van der Waals surface area (Å²) in [5.41, 5.74) is 0. The quantitative estimate of drug-likeness (QED) is 0.0682. The number of likely N-dealkylation sites (N-methyl/N-ethyl adjacent to an activating group) is 2. The molecule has 0 radical (unpaired) electrons. The molecule has 284 valence electrons. The van der Waals surface area contributed by atoms with Crippen LogP contribution in [0.4, 0.5) is 74.6 Å². The third-order valence-corrected chi connectivity index (χ3v) is 7.82. The zero-order valence-electron chi connectivity index (χ0n) is 26.3. The molecule has 0 unspecified atom stereocenters. The van der Waals surface area contributed by atoms with Crippen LogP contribution in [-0.2, 0) is 0 Å². The lowest BCUT2D eigenvalue weighted by atomic mass is 9.88. The Labute approximate surface area is 263 Å². The van der Waals surface area contributed by atoms with E-state index in [-0.39, 0.29) is 6.54 Å². The molecule has 0 atom stereocenters. The number of unbranched alkanes of at least 4 members (excludes halogenated alkanes) is 10. The highest BCUT2D eigenvalue weighted by atomic mass is 19.4. The van der Waals surface area contributed by atoms with Gasteiger partial charge in [0.1, 0.15) is 0 Å². The summed E-state index contributed by atoms with van der Waals surface area (Å²) in [6.45, 7) is 3.58. The van der Waals surface area contributed by atoms with Crippen LogP contribution in [0, 0.1) is 0 Å². The number of hydrogen-bond acceptors (Lipinski definition) is 2. The van der Waals surface area contributed by atoms with Crippen molar-refractivity contribution < 1.29 is 74.6 Å². The van der Waals surface area contributed by atoms with Crippen LogP contribution >= 0.6 is 0 Å². The second-order valence-corrected chi connectivity index (χ2v) is 11.9. The van der Waals surface area contributed by atoms with Gasteiger partial charge in [-0.15, -0.1) is 0 Å². The lowest BCUT2D eigenvalue weighted by molar-refractivity contribution is -0.461. The first-order valence-corrected chi connectivity index (χ1v) is 15.2. The highest BCUT2D eigenvalue weighted by molar-refractivity contribution is 5.15. The molecule has 0 aromatic rings. The molecule has 19 heteroatoms. The van der Waals surface area contributed by atoms with Crippen LogP contribution in [0.15, 0.2) is 0 Å². The molecule has 0 amide bonds. The summed E-state index contributed by atoms with van der Waals surface area (Å²) in [6.07, 6.45) is -0.300. The molecule has 0 spiro atoms. The predicted molar refractivity (Wildman–Crippen MR) is 141 cm³/mol. The Kier molecular flexibility index (Phi) is 17.1. The van der Waals surface area contributed by atoms with Crippen molar-refractivity contribution in [1.82, 2.24) is 9.80 Å². The summed E-state index contributed by atoms with van der Waals surface area (Å²) >= 11 is 0. The number of hydrogen-bond donors (Lipinski definition) is 0. The van der Waals surface area contributed by atoms with Crippen molar-refractivity contribution in [3.05, 3.63) is 0 Å². The maximum absolute atomic E-state index is 14.0. The lowest BCUT2D eigenvalue weighted by Crippen LogP contribution is -2.74. The number of rotatable bonds is 25. The highest BCUT2D eigenvalue weighted by Crippen LogP contribution is 2.64. The second kappa shape index (κ2) is 17.6. The van der Waals surface area contributed by atoms with E-state index >= 15 is 0 Å². The maximum atomic E-state index is 14.0. The van der Waals surface area contributed by atoms with Gasteiger partial charge in [-0.2, -0.15) is 74.6 Å². The minimum absolute atomic E-state index is 0.114. The molecule has 0 aliphatic rings. The summed E-state index contributed by atoms with van der Waals surface area (Å²) in [5, 5.41) is 0. The fourth-order valence-electron chi connectivity index (χ4n) is 4.52. The molecule has 0 bridgehead atoms. The van der Waals surface area contributed by atoms with E-state index in [1.54, 1.807) is 0 Å². The number of nitrogens with zero attached hydrogens (tertiary/aromatic N) is 2. The summed E-state index contributed by atoms with van der Waals surface area (Å²) in [5.74, 6) is -55.9. The summed E-state index contributed by atoms with van der Waals surface area (Å²) in [7, 11) is 3.29. The van der Waals surface area contributed by atoms with Crippen LogP contribution in [0.1, 0.15) is 90.4 Å². The topological polar surface area (TPSA) is 6.48 Å². The van der Waals surface area contributed by atoms with E-state index in [9.17, 15) is 74.6 Å². The van der Waals surface area contributed by atoms with Gasteiger partial charge in [-0.25, -0.2) is 0 Å². The van der Waals surface area contributed by atoms with Crippen LogP contribution in [0.25, 0.3) is 0 Å². The molecule has 0 heterocycles. The van der Waals surface area contributed by atoms with Crippen LogP contribution < -0.4 is 0 Å². The molecular formula is C28H43F17N2. The maximum Gasteiger partial charge on any atom is 0.460 e. The van der Waals surface area contributed by atoms with Crippen molar-refractivity contribution in [2.75, 3.05) is 40.3 Å². The van der Waals surface area contributed by atoms with E-state index in [4.69, 9.17) is 0 Å². The van der Waals surface area contributed by atoms with Crippen molar-refractivity contribution in [3.8, 4) is 0 Å². The van der Waals surface area contributed by atoms with Crippen LogP contribution in [-0.4, -0.2) is 97.7 Å². The molecule has 2 nitrogen and oxygen atoms in total. The van der Waals surface area contributed by atoms with Crippen LogP contribution in [0.5, 0.6) is 0 Å². The summed E-state index contributed by atoms with van der Waals surface area (Å²) < 4.78 is 227. The molecular weight excluding hydrogens is 687 g/mol. The average molecular weight is 731 g/mol. The first kappa shape index (κ1) is 45.7. The second-order valence-electron chi connectivity index (χ2n) is 11.9. The minimum atomic E-state index is -8.59. The molecule has 0 rings (SSSR count). The van der Waals surface area contributed by atoms with Crippen molar-refractivity contribution in [3.63, 3.8) is 0 Å². The van der Waals surface area contributed by atoms with Gasteiger partial charge in [-0.1, -0.05) is 64.7 Å². The highest BCUT2D eigenvalue weighted by Gasteiger charge is 2.95. The molecule has 47 heavy (non-hydrogen) atoms. The zero-order valence-corrected chi connectivity index (χ0v) is 26.3. The Balaban J connectivity index is 4.97. The standard InChI is InChI=1S/C28H43F17N2/c1-4-5-6-7-8-9-10-11-12-14-17-46(2)19-20-47(3)18-15-13-16-21(29,30)22(31,32)23(33,34)24(35,36)25(37,38)26(39,40)27(41,42)28(43,44)45/h4-20H2,1-3H3. The van der Waals surface area contributed by atoms with Gasteiger partial charge in [-0.3, -0.25) is 0 Å². The fourth-order valence-corrected chi connectivity index (χ4v) is 4.52. The van der Waals surface area contributed by atoms with E-state index in [1.165, 1.54) is 50.5 Å². The van der Waals surface area contributed by atoms with E-state index < -0.39 is 66.9 Å². The van der Waals surface area contributed by atoms with Crippen LogP contribution in [0.2, 0.25) is 0 Å². The Morgan fingerprint density at radius 1 is 0.340 bits per heavy atom. The van der Waals surface area contributed by atoms with E-state index in [1.807, 2.05) is 11.9 Å². The van der Waals surface area contributed by atoms with Crippen molar-refractivity contribution in [1.29, 1.82) is 0 Å². The molecule has 0 N–H and O–H groups in total. The van der Waals surface area contributed by atoms with Gasteiger partial charge in [0.2, 0.25) is 0 Å². The SMILES string of the molecule is CCCCCCCCCCCCN(C)CCN(C)CCCCC(F)(F)C(F)(F)C(F)(F)C(F)(F)C(F)(F)C(F)(F)C(F)(F)C(F)(F)F. The Bertz CT molecular complexity index is 891. The predicted octanol–water partition coefficient (Wildman–Crippen LogP) is 11.0. The average Bonchev–Trinajstić information content (AvgIpc) is 2.93. The Morgan fingerprint density at radius 2 is 0.638 bits per heavy atom. The largest absolute Gasteiger partial charge is 0.460 e. The van der Waals surface area contributed by atoms with Gasteiger partial charge in [0.15, 0.2) is 0 Å². The van der Waals surface area contributed by atoms with E-state index in [0.717, 1.165) is 32.2 Å². The fraction of sp³-hybridized carbons (Fsp3) is 1.00. The van der Waals surface area contributed by atoms with Gasteiger partial charge >= 0.3 is 47.6 Å². The molecule has 0 fully saturated rings. The smallest absolute Gasteiger partial charge is 0.305 e. The van der Waals surface area contributed by atoms with E-state index in [2.05, 4.69) is 6.92 Å². The van der Waals surface area contributed by atoms with Crippen molar-refractivity contribution in [2.24, 2.45) is 0 Å². The molecule has 0 aromatic carbocycles. The zero-order chi connectivity index (χ0) is 37.2. The third-order valence-electron chi connectivity index (χ3n) is 7.82. The minimum Gasteiger partial charge on any atom is -0.305 e. The normalized spacial score (nSPS) is 14.9. The van der Waals surface area contributed by atoms with Gasteiger partial charge in [0, 0.05) is 19.5 Å². The van der Waals surface area contributed by atoms with Crippen molar-refractivity contribution in [2.45, 2.75) is 138 Å². The Hall–Kier alpha value is -1.27. The molecule has 0 aliphatic carbocycles. The Morgan fingerprint density at radius 3 is 1.00 bits per heavy atom. The summed E-state index contributed by atoms with van der Waals surface area (Å²) in [6, 6.07) is 0. The molecule has 0 saturated heterocycles. The molecule has 0 aromatic heterocycles. The van der Waals surface area contributed by atoms with E-state index in [0.29, 0.717) is 13.1 Å². The first-order chi connectivity index (χ1) is 21.1. The first-order valence-electron chi connectivity index (χ1n) is 15.2. The van der Waals surface area contributed by atoms with Gasteiger partial charge < -0.3 is 9.80 Å².